The maximum atomic E-state index is 13.3. The number of aliphatic hydroxyl groups excluding tert-OH is 2. The number of amides is 9. The van der Waals surface area contributed by atoms with E-state index in [2.05, 4.69) is 42.2 Å². The van der Waals surface area contributed by atoms with E-state index in [4.69, 9.17) is 22.3 Å². The van der Waals surface area contributed by atoms with Crippen molar-refractivity contribution in [2.24, 2.45) is 22.2 Å². The fraction of sp³-hybridized carbons (Fsp3) is 0.667. The van der Waals surface area contributed by atoms with Crippen LogP contribution in [0.3, 0.4) is 0 Å². The lowest BCUT2D eigenvalue weighted by Crippen LogP contribution is -2.60. The Bertz CT molecular complexity index is 1310. The van der Waals surface area contributed by atoms with Gasteiger partial charge in [-0.05, 0) is 47.0 Å². The average Bonchev–Trinajstić information content (AvgIpc) is 3.08. The molecule has 0 fully saturated rings. The molecule has 0 aliphatic carbocycles. The maximum Gasteiger partial charge on any atom is 0.245 e. The van der Waals surface area contributed by atoms with Gasteiger partial charge in [-0.2, -0.15) is 0 Å². The van der Waals surface area contributed by atoms with E-state index >= 15 is 0 Å². The molecule has 0 rings (SSSR count). The smallest absolute Gasteiger partial charge is 0.245 e. The van der Waals surface area contributed by atoms with Crippen molar-refractivity contribution in [1.82, 2.24) is 42.1 Å². The van der Waals surface area contributed by atoms with E-state index in [1.54, 1.807) is 6.92 Å². The zero-order chi connectivity index (χ0) is 40.7. The maximum absolute atomic E-state index is 13.3. The van der Waals surface area contributed by atoms with Gasteiger partial charge in [-0.1, -0.05) is 0 Å². The van der Waals surface area contributed by atoms with Gasteiger partial charge >= 0.3 is 0 Å². The number of carbonyl (C=O) groups is 9. The lowest BCUT2D eigenvalue weighted by atomic mass is 10.1. The van der Waals surface area contributed by atoms with Crippen molar-refractivity contribution in [2.45, 2.75) is 89.7 Å². The molecule has 0 spiro atoms. The molecule has 0 radical (unpaired) electrons. The topological polar surface area (TPSA) is 372 Å². The van der Waals surface area contributed by atoms with Crippen LogP contribution in [0.5, 0.6) is 0 Å². The Morgan fingerprint density at radius 1 is 0.736 bits per heavy atom. The Balaban J connectivity index is 5.68. The number of carbonyl (C=O) groups excluding carboxylic acids is 9. The number of aliphatic hydroxyl groups is 2. The van der Waals surface area contributed by atoms with Crippen molar-refractivity contribution in [3.05, 3.63) is 0 Å². The summed E-state index contributed by atoms with van der Waals surface area (Å²) in [4.78, 5) is 116. The van der Waals surface area contributed by atoms with Crippen LogP contribution in [-0.4, -0.2) is 150 Å². The molecule has 0 aromatic heterocycles. The van der Waals surface area contributed by atoms with Gasteiger partial charge in [0.15, 0.2) is 5.96 Å². The summed E-state index contributed by atoms with van der Waals surface area (Å²) in [7, 11) is 0. The van der Waals surface area contributed by atoms with E-state index in [0.29, 0.717) is 0 Å². The molecule has 0 saturated carbocycles. The summed E-state index contributed by atoms with van der Waals surface area (Å²) in [5, 5.41) is 36.0. The number of hydrogen-bond acceptors (Lipinski definition) is 12. The Kier molecular flexibility index (Phi) is 22.7. The minimum Gasteiger partial charge on any atom is -0.394 e. The molecule has 0 saturated heterocycles. The van der Waals surface area contributed by atoms with Crippen LogP contribution in [0.4, 0.5) is 0 Å². The number of rotatable bonds is 26. The predicted molar refractivity (Wildman–Crippen MR) is 187 cm³/mol. The van der Waals surface area contributed by atoms with Gasteiger partial charge in [0, 0.05) is 25.0 Å². The molecule has 23 heteroatoms. The highest BCUT2D eigenvalue weighted by Gasteiger charge is 2.36. The van der Waals surface area contributed by atoms with E-state index in [1.807, 2.05) is 0 Å². The van der Waals surface area contributed by atoms with Crippen LogP contribution < -0.4 is 54.4 Å². The third-order valence-electron chi connectivity index (χ3n) is 7.09. The predicted octanol–water partition coefficient (Wildman–Crippen LogP) is -7.15. The quantitative estimate of drug-likeness (QED) is 0.0169. The Morgan fingerprint density at radius 3 is 1.74 bits per heavy atom. The van der Waals surface area contributed by atoms with Gasteiger partial charge in [0.05, 0.1) is 38.9 Å². The van der Waals surface area contributed by atoms with Gasteiger partial charge in [0.1, 0.15) is 18.1 Å². The van der Waals surface area contributed by atoms with Crippen molar-refractivity contribution in [3.63, 3.8) is 0 Å². The van der Waals surface area contributed by atoms with Gasteiger partial charge in [0.25, 0.3) is 0 Å². The molecule has 0 bridgehead atoms. The molecule has 0 aliphatic rings. The second-order valence-corrected chi connectivity index (χ2v) is 12.1. The molecule has 9 amide bonds. The zero-order valence-electron chi connectivity index (χ0n) is 30.3. The van der Waals surface area contributed by atoms with Crippen LogP contribution in [0, 0.1) is 0 Å². The zero-order valence-corrected chi connectivity index (χ0v) is 30.3. The Labute approximate surface area is 306 Å². The van der Waals surface area contributed by atoms with Crippen LogP contribution in [0.15, 0.2) is 4.99 Å². The molecule has 0 aliphatic heterocycles. The molecule has 4 unspecified atom stereocenters. The third kappa shape index (κ3) is 20.2. The lowest BCUT2D eigenvalue weighted by Gasteiger charge is -2.36. The van der Waals surface area contributed by atoms with E-state index in [-0.39, 0.29) is 51.2 Å². The average molecular weight is 759 g/mol. The molecule has 300 valence electrons. The van der Waals surface area contributed by atoms with Gasteiger partial charge < -0.3 is 69.5 Å². The fourth-order valence-corrected chi connectivity index (χ4v) is 4.61. The third-order valence-corrected chi connectivity index (χ3v) is 7.09. The summed E-state index contributed by atoms with van der Waals surface area (Å²) < 4.78 is 0. The summed E-state index contributed by atoms with van der Waals surface area (Å²) in [5.74, 6) is -6.56. The standard InChI is InChI=1S/C30H54N12O11/c1-16(2)42(25(50)13-38-28(52)20(7-8-21(31)46)41-22(47)10-34-15-44)26(18(4)45)29(53)37-12-24(49)40-19(6-5-9-35-30(32)33)27(51)36-11-23(48)39-17(3)14-43/h15-20,26,43,45H,5-14H2,1-4H3,(H2,31,46)(H,34,44)(H,36,51)(H,37,53)(H,38,52)(H,39,48)(H,40,49)(H,41,47)(H4,32,33,35)/t17?,18?,19-,20?,26?/m0/s1. The van der Waals surface area contributed by atoms with Crippen LogP contribution in [0.2, 0.25) is 0 Å². The molecule has 15 N–H and O–H groups in total. The highest BCUT2D eigenvalue weighted by molar-refractivity contribution is 5.95. The van der Waals surface area contributed by atoms with Crippen molar-refractivity contribution < 1.29 is 53.4 Å². The monoisotopic (exact) mass is 758 g/mol. The van der Waals surface area contributed by atoms with E-state index in [1.165, 1.54) is 20.8 Å². The van der Waals surface area contributed by atoms with Crippen LogP contribution in [-0.2, 0) is 43.2 Å². The normalized spacial score (nSPS) is 13.4. The Hall–Kier alpha value is -5.58. The van der Waals surface area contributed by atoms with Crippen molar-refractivity contribution >= 4 is 59.6 Å². The number of guanidine groups is 1. The van der Waals surface area contributed by atoms with Crippen molar-refractivity contribution in [2.75, 3.05) is 39.3 Å². The first kappa shape index (κ1) is 47.4. The van der Waals surface area contributed by atoms with Gasteiger partial charge in [0.2, 0.25) is 53.7 Å². The number of nitrogens with two attached hydrogens (primary N) is 3. The molecule has 0 aromatic rings. The molecule has 53 heavy (non-hydrogen) atoms. The van der Waals surface area contributed by atoms with Crippen LogP contribution >= 0.6 is 0 Å². The summed E-state index contributed by atoms with van der Waals surface area (Å²) in [6.45, 7) is 3.28. The number of nitrogens with one attached hydrogen (secondary N) is 7. The fourth-order valence-electron chi connectivity index (χ4n) is 4.61. The van der Waals surface area contributed by atoms with Gasteiger partial charge in [-0.3, -0.25) is 48.1 Å². The lowest BCUT2D eigenvalue weighted by molar-refractivity contribution is -0.147. The van der Waals surface area contributed by atoms with Gasteiger partial charge in [-0.25, -0.2) is 0 Å². The van der Waals surface area contributed by atoms with E-state index < -0.39 is 110 Å². The second-order valence-electron chi connectivity index (χ2n) is 12.1. The van der Waals surface area contributed by atoms with Crippen molar-refractivity contribution in [1.29, 1.82) is 0 Å². The molecule has 23 nitrogen and oxygen atoms in total. The minimum absolute atomic E-state index is 0.0251. The molecule has 0 heterocycles. The van der Waals surface area contributed by atoms with Crippen LogP contribution in [0.1, 0.15) is 53.4 Å². The van der Waals surface area contributed by atoms with Crippen LogP contribution in [0.25, 0.3) is 0 Å². The summed E-state index contributed by atoms with van der Waals surface area (Å²) >= 11 is 0. The summed E-state index contributed by atoms with van der Waals surface area (Å²) in [6.07, 6.45) is -1.48. The van der Waals surface area contributed by atoms with Crippen molar-refractivity contribution in [3.8, 4) is 0 Å². The second kappa shape index (κ2) is 25.4. The first-order valence-corrected chi connectivity index (χ1v) is 16.7. The number of aliphatic imine (C=N–C) groups is 1. The minimum atomic E-state index is -1.56. The molecular weight excluding hydrogens is 704 g/mol. The molecule has 5 atom stereocenters. The molecular formula is C30H54N12O11. The highest BCUT2D eigenvalue weighted by atomic mass is 16.3. The highest BCUT2D eigenvalue weighted by Crippen LogP contribution is 2.11. The number of hydrogen-bond donors (Lipinski definition) is 12. The number of nitrogens with zero attached hydrogens (tertiary/aromatic N) is 2. The van der Waals surface area contributed by atoms with Gasteiger partial charge in [-0.15, -0.1) is 0 Å². The summed E-state index contributed by atoms with van der Waals surface area (Å²) in [6, 6.07) is -5.37. The van der Waals surface area contributed by atoms with E-state index in [0.717, 1.165) is 4.90 Å². The summed E-state index contributed by atoms with van der Waals surface area (Å²) in [5.41, 5.74) is 15.8. The largest absolute Gasteiger partial charge is 0.394 e. The Morgan fingerprint density at radius 2 is 1.25 bits per heavy atom. The number of primary amides is 1. The molecule has 0 aromatic carbocycles. The first-order valence-electron chi connectivity index (χ1n) is 16.7. The van der Waals surface area contributed by atoms with E-state index in [9.17, 15) is 48.3 Å². The first-order chi connectivity index (χ1) is 24.8. The SMILES string of the molecule is CC(CO)NC(=O)CNC(=O)[C@H](CCCN=C(N)N)NC(=O)CNC(=O)C(C(C)O)N(C(=O)CNC(=O)C(CCC(N)=O)NC(=O)CNC=O)C(C)C.